The van der Waals surface area contributed by atoms with Crippen LogP contribution in [0.4, 0.5) is 11.5 Å². The highest BCUT2D eigenvalue weighted by Gasteiger charge is 2.40. The number of piperidine rings is 1. The van der Waals surface area contributed by atoms with Crippen molar-refractivity contribution in [3.05, 3.63) is 140 Å². The van der Waals surface area contributed by atoms with E-state index in [0.29, 0.717) is 38.7 Å². The molecular weight excluding hydrogens is 741 g/mol. The Morgan fingerprint density at radius 1 is 0.907 bits per heavy atom. The Bertz CT molecular complexity index is 2410. The Kier molecular flexibility index (Phi) is 9.21. The molecule has 6 heterocycles. The van der Waals surface area contributed by atoms with Gasteiger partial charge in [0.05, 0.1) is 17.4 Å². The lowest BCUT2D eigenvalue weighted by Gasteiger charge is -2.40. The summed E-state index contributed by atoms with van der Waals surface area (Å²) in [4.78, 5) is 42.1. The largest absolute Gasteiger partial charge is 0.355 e. The first kappa shape index (κ1) is 34.7. The first-order valence-electron chi connectivity index (χ1n) is 18.2. The van der Waals surface area contributed by atoms with Crippen LogP contribution in [0.1, 0.15) is 58.0 Å². The number of amides is 2. The summed E-state index contributed by atoms with van der Waals surface area (Å²) in [6.45, 7) is 3.71. The Morgan fingerprint density at radius 2 is 1.74 bits per heavy atom. The number of aromatic amines is 1. The fourth-order valence-corrected chi connectivity index (χ4v) is 9.15. The molecule has 0 spiro atoms. The smallest absolute Gasteiger partial charge is 0.272 e. The molecule has 9 nitrogen and oxygen atoms in total. The van der Waals surface area contributed by atoms with Gasteiger partial charge in [-0.1, -0.05) is 71.2 Å². The molecule has 2 aromatic heterocycles. The Labute approximate surface area is 327 Å². The number of H-pyrrole nitrogens is 1. The Morgan fingerprint density at radius 3 is 2.56 bits per heavy atom. The zero-order valence-electron chi connectivity index (χ0n) is 29.2. The summed E-state index contributed by atoms with van der Waals surface area (Å²) in [5.41, 5.74) is 10.3. The van der Waals surface area contributed by atoms with E-state index in [4.69, 9.17) is 39.8 Å². The second-order valence-electron chi connectivity index (χ2n) is 14.0. The van der Waals surface area contributed by atoms with Crippen LogP contribution in [0.3, 0.4) is 0 Å². The minimum Gasteiger partial charge on any atom is -0.355 e. The van der Waals surface area contributed by atoms with Gasteiger partial charge in [-0.3, -0.25) is 9.59 Å². The van der Waals surface area contributed by atoms with Crippen molar-refractivity contribution in [1.82, 2.24) is 25.1 Å². The highest BCUT2D eigenvalue weighted by atomic mass is 35.5. The number of pyridine rings is 1. The third-order valence-corrected chi connectivity index (χ3v) is 11.6. The molecule has 0 saturated carbocycles. The van der Waals surface area contributed by atoms with Gasteiger partial charge in [-0.25, -0.2) is 4.98 Å². The molecule has 4 aliphatic heterocycles. The molecule has 1 atom stereocenters. The molecule has 4 aliphatic rings. The van der Waals surface area contributed by atoms with Crippen molar-refractivity contribution in [3.63, 3.8) is 0 Å². The highest BCUT2D eigenvalue weighted by Crippen LogP contribution is 2.52. The van der Waals surface area contributed by atoms with Crippen molar-refractivity contribution >= 4 is 80.3 Å². The Hall–Kier alpha value is -5.02. The van der Waals surface area contributed by atoms with Crippen LogP contribution in [0, 0.1) is 0 Å². The Balaban J connectivity index is 1.12. The van der Waals surface area contributed by atoms with Crippen LogP contribution in [0.25, 0.3) is 22.2 Å². The molecule has 9 rings (SSSR count). The number of fused-ring (bicyclic) bond motifs is 2. The number of carbonyl (C=O) groups is 2. The summed E-state index contributed by atoms with van der Waals surface area (Å²) in [6.07, 6.45) is 7.81. The maximum Gasteiger partial charge on any atom is 0.272 e. The zero-order valence-corrected chi connectivity index (χ0v) is 31.5. The predicted molar refractivity (Wildman–Crippen MR) is 216 cm³/mol. The van der Waals surface area contributed by atoms with Crippen LogP contribution in [0.15, 0.2) is 97.0 Å². The van der Waals surface area contributed by atoms with Gasteiger partial charge in [0.2, 0.25) is 5.91 Å². The molecule has 12 heteroatoms. The molecule has 1 unspecified atom stereocenters. The van der Waals surface area contributed by atoms with E-state index >= 15 is 0 Å². The molecular formula is C42H36Cl3N7O2. The molecule has 0 bridgehead atoms. The van der Waals surface area contributed by atoms with Gasteiger partial charge in [0.15, 0.2) is 5.82 Å². The number of carbonyl (C=O) groups excluding carboxylic acids is 2. The monoisotopic (exact) mass is 775 g/mol. The van der Waals surface area contributed by atoms with Gasteiger partial charge in [0.25, 0.3) is 5.91 Å². The second-order valence-corrected chi connectivity index (χ2v) is 15.3. The summed E-state index contributed by atoms with van der Waals surface area (Å²) < 4.78 is 0. The fraction of sp³-hybridized carbons (Fsp3) is 0.238. The quantitative estimate of drug-likeness (QED) is 0.150. The summed E-state index contributed by atoms with van der Waals surface area (Å²) in [5.74, 6) is 0.608. The molecule has 0 radical (unpaired) electrons. The summed E-state index contributed by atoms with van der Waals surface area (Å²) >= 11 is 20.1. The van der Waals surface area contributed by atoms with Gasteiger partial charge in [-0.2, -0.15) is 0 Å². The van der Waals surface area contributed by atoms with Gasteiger partial charge >= 0.3 is 0 Å². The second kappa shape index (κ2) is 14.3. The van der Waals surface area contributed by atoms with Crippen LogP contribution in [0.2, 0.25) is 15.1 Å². The van der Waals surface area contributed by atoms with E-state index in [1.54, 1.807) is 12.3 Å². The number of aromatic nitrogens is 2. The van der Waals surface area contributed by atoms with Crippen LogP contribution in [0.5, 0.6) is 0 Å². The van der Waals surface area contributed by atoms with Crippen molar-refractivity contribution in [2.24, 2.45) is 0 Å². The number of nitrogens with one attached hydrogen (secondary N) is 3. The number of rotatable bonds is 6. The minimum absolute atomic E-state index is 0.191. The molecule has 5 aromatic rings. The SMILES string of the molecule is O=C(Nc1cccnc1N1CCC(N2CCNCCC2=O)CC1)c1[nH]c2cc(Cl)cc3c2c1C1=C(c2ccccc2)C=C=CN1C3c1ccc(Cl)cc1Cl. The molecule has 0 aliphatic carbocycles. The molecule has 2 fully saturated rings. The van der Waals surface area contributed by atoms with Crippen molar-refractivity contribution in [1.29, 1.82) is 0 Å². The number of hydrogen-bond acceptors (Lipinski definition) is 6. The first-order valence-corrected chi connectivity index (χ1v) is 19.3. The average Bonchev–Trinajstić information content (AvgIpc) is 3.43. The number of hydrogen-bond donors (Lipinski definition) is 3. The third-order valence-electron chi connectivity index (χ3n) is 10.8. The van der Waals surface area contributed by atoms with Crippen molar-refractivity contribution in [3.8, 4) is 0 Å². The average molecular weight is 777 g/mol. The van der Waals surface area contributed by atoms with Gasteiger partial charge in [0.1, 0.15) is 5.69 Å². The molecule has 3 N–H and O–H groups in total. The lowest BCUT2D eigenvalue weighted by atomic mass is 9.84. The van der Waals surface area contributed by atoms with Crippen molar-refractivity contribution in [2.75, 3.05) is 42.9 Å². The minimum atomic E-state index is -0.390. The lowest BCUT2D eigenvalue weighted by molar-refractivity contribution is -0.133. The van der Waals surface area contributed by atoms with Crippen LogP contribution < -0.4 is 15.5 Å². The van der Waals surface area contributed by atoms with Crippen molar-refractivity contribution < 1.29 is 9.59 Å². The van der Waals surface area contributed by atoms with E-state index < -0.39 is 0 Å². The number of halogens is 3. The lowest BCUT2D eigenvalue weighted by Crippen LogP contribution is -2.48. The molecule has 54 heavy (non-hydrogen) atoms. The molecule has 2 amide bonds. The summed E-state index contributed by atoms with van der Waals surface area (Å²) in [5, 5.41) is 9.02. The number of nitrogens with zero attached hydrogens (tertiary/aromatic N) is 4. The van der Waals surface area contributed by atoms with Gasteiger partial charge in [-0.15, -0.1) is 5.73 Å². The maximum absolute atomic E-state index is 14.7. The fourth-order valence-electron chi connectivity index (χ4n) is 8.41. The standard InChI is InChI=1S/C42H36Cl3N7O2/c43-26-10-11-30(32(45)23-26)39-31-22-27(44)24-34-36(31)37(40-29(8-5-18-52(39)40)25-6-2-1-3-7-25)38(48-34)42(54)49-33-9-4-15-47-41(33)50-19-13-28(14-20-50)51-21-17-46-16-12-35(51)53/h1-4,6-11,15,18,22-24,28,39,46,48H,12-14,16-17,19-21H2,(H,49,54). The zero-order chi connectivity index (χ0) is 36.9. The van der Waals surface area contributed by atoms with Gasteiger partial charge in [0, 0.05) is 94.7 Å². The van der Waals surface area contributed by atoms with Crippen LogP contribution >= 0.6 is 34.8 Å². The normalized spacial score (nSPS) is 18.7. The first-order chi connectivity index (χ1) is 26.4. The number of allylic oxidation sites excluding steroid dienone is 2. The van der Waals surface area contributed by atoms with Crippen LogP contribution in [-0.2, 0) is 4.79 Å². The topological polar surface area (TPSA) is 96.6 Å². The molecule has 2 saturated heterocycles. The number of benzene rings is 3. The predicted octanol–water partition coefficient (Wildman–Crippen LogP) is 8.52. The van der Waals surface area contributed by atoms with Crippen LogP contribution in [-0.4, -0.2) is 70.3 Å². The third kappa shape index (κ3) is 6.16. The van der Waals surface area contributed by atoms with E-state index in [1.807, 2.05) is 71.8 Å². The van der Waals surface area contributed by atoms with Gasteiger partial charge in [-0.05, 0) is 72.0 Å². The van der Waals surface area contributed by atoms with E-state index in [1.165, 1.54) is 0 Å². The summed E-state index contributed by atoms with van der Waals surface area (Å²) in [6, 6.07) is 22.9. The molecule has 272 valence electrons. The van der Waals surface area contributed by atoms with E-state index in [-0.39, 0.29) is 23.9 Å². The number of anilines is 2. The molecule has 3 aromatic carbocycles. The highest BCUT2D eigenvalue weighted by molar-refractivity contribution is 6.35. The van der Waals surface area contributed by atoms with Crippen molar-refractivity contribution in [2.45, 2.75) is 31.3 Å². The summed E-state index contributed by atoms with van der Waals surface area (Å²) in [7, 11) is 0. The van der Waals surface area contributed by atoms with E-state index in [0.717, 1.165) is 90.0 Å². The maximum atomic E-state index is 14.7. The van der Waals surface area contributed by atoms with E-state index in [2.05, 4.69) is 43.3 Å². The van der Waals surface area contributed by atoms with E-state index in [9.17, 15) is 9.59 Å². The van der Waals surface area contributed by atoms with Gasteiger partial charge < -0.3 is 30.3 Å².